The Kier molecular flexibility index (Phi) is 5.20. The molecule has 0 aliphatic carbocycles. The highest BCUT2D eigenvalue weighted by Crippen LogP contribution is 2.29. The van der Waals surface area contributed by atoms with Gasteiger partial charge in [-0.1, -0.05) is 12.1 Å². The van der Waals surface area contributed by atoms with Gasteiger partial charge in [-0.15, -0.1) is 5.11 Å². The SMILES string of the molecule is COc1cccc(-c2[nH][nH]c(=O)c2N=Nc2ccc(N3CCOCC3)cc2)c1. The Bertz CT molecular complexity index is 1020. The molecule has 1 fully saturated rings. The number of ether oxygens (including phenoxy) is 2. The fraction of sp³-hybridized carbons (Fsp3) is 0.250. The zero-order valence-electron chi connectivity index (χ0n) is 15.5. The number of benzene rings is 2. The molecule has 0 spiro atoms. The molecule has 8 heteroatoms. The minimum atomic E-state index is -0.327. The summed E-state index contributed by atoms with van der Waals surface area (Å²) in [6.45, 7) is 3.24. The van der Waals surface area contributed by atoms with E-state index in [-0.39, 0.29) is 11.2 Å². The number of azo groups is 1. The van der Waals surface area contributed by atoms with Gasteiger partial charge >= 0.3 is 0 Å². The normalized spacial score (nSPS) is 14.5. The van der Waals surface area contributed by atoms with Gasteiger partial charge in [0.05, 0.1) is 31.7 Å². The number of rotatable bonds is 5. The average molecular weight is 379 g/mol. The van der Waals surface area contributed by atoms with Crippen LogP contribution in [0.5, 0.6) is 5.75 Å². The molecule has 1 saturated heterocycles. The summed E-state index contributed by atoms with van der Waals surface area (Å²) in [5.74, 6) is 0.695. The van der Waals surface area contributed by atoms with E-state index in [9.17, 15) is 4.79 Å². The lowest BCUT2D eigenvalue weighted by Gasteiger charge is -2.28. The van der Waals surface area contributed by atoms with Gasteiger partial charge in [-0.2, -0.15) is 5.11 Å². The third-order valence-corrected chi connectivity index (χ3v) is 4.60. The Morgan fingerprint density at radius 2 is 1.82 bits per heavy atom. The molecule has 28 heavy (non-hydrogen) atoms. The zero-order valence-corrected chi connectivity index (χ0v) is 15.5. The number of hydrogen-bond acceptors (Lipinski definition) is 6. The standard InChI is InChI=1S/C20H21N5O3/c1-27-17-4-2-3-14(13-17)18-19(20(26)24-22-18)23-21-15-5-7-16(8-6-15)25-9-11-28-12-10-25/h2-8,13H,9-12H2,1H3,(H2,22,24,26). The topological polar surface area (TPSA) is 95.1 Å². The molecular weight excluding hydrogens is 358 g/mol. The van der Waals surface area contributed by atoms with Crippen LogP contribution >= 0.6 is 0 Å². The number of aromatic nitrogens is 2. The first-order valence-electron chi connectivity index (χ1n) is 9.04. The smallest absolute Gasteiger partial charge is 0.292 e. The summed E-state index contributed by atoms with van der Waals surface area (Å²) in [7, 11) is 1.60. The highest BCUT2D eigenvalue weighted by Gasteiger charge is 2.13. The number of anilines is 1. The van der Waals surface area contributed by atoms with Gasteiger partial charge < -0.3 is 14.4 Å². The zero-order chi connectivity index (χ0) is 19.3. The highest BCUT2D eigenvalue weighted by atomic mass is 16.5. The molecule has 0 unspecified atom stereocenters. The van der Waals surface area contributed by atoms with E-state index in [0.29, 0.717) is 17.1 Å². The third-order valence-electron chi connectivity index (χ3n) is 4.60. The number of nitrogens with zero attached hydrogens (tertiary/aromatic N) is 3. The molecule has 1 aliphatic rings. The Morgan fingerprint density at radius 3 is 2.57 bits per heavy atom. The van der Waals surface area contributed by atoms with Crippen LogP contribution < -0.4 is 15.2 Å². The van der Waals surface area contributed by atoms with Gasteiger partial charge in [0.25, 0.3) is 5.56 Å². The highest BCUT2D eigenvalue weighted by molar-refractivity contribution is 5.72. The van der Waals surface area contributed by atoms with Crippen molar-refractivity contribution in [3.05, 3.63) is 58.9 Å². The molecule has 0 amide bonds. The van der Waals surface area contributed by atoms with Crippen LogP contribution in [0.4, 0.5) is 17.1 Å². The Morgan fingerprint density at radius 1 is 1.04 bits per heavy atom. The van der Waals surface area contributed by atoms with Crippen molar-refractivity contribution in [2.24, 2.45) is 10.2 Å². The van der Waals surface area contributed by atoms with Crippen LogP contribution in [-0.4, -0.2) is 43.6 Å². The lowest BCUT2D eigenvalue weighted by atomic mass is 10.1. The molecule has 1 aliphatic heterocycles. The number of nitrogens with one attached hydrogen (secondary N) is 2. The first kappa shape index (κ1) is 18.0. The van der Waals surface area contributed by atoms with Crippen LogP contribution in [0.3, 0.4) is 0 Å². The van der Waals surface area contributed by atoms with Gasteiger partial charge in [0.15, 0.2) is 5.69 Å². The molecule has 0 bridgehead atoms. The number of aromatic amines is 2. The van der Waals surface area contributed by atoms with Crippen molar-refractivity contribution >= 4 is 17.1 Å². The van der Waals surface area contributed by atoms with Crippen molar-refractivity contribution in [2.45, 2.75) is 0 Å². The fourth-order valence-electron chi connectivity index (χ4n) is 3.09. The third kappa shape index (κ3) is 3.81. The summed E-state index contributed by atoms with van der Waals surface area (Å²) in [5, 5.41) is 13.9. The fourth-order valence-corrected chi connectivity index (χ4v) is 3.09. The average Bonchev–Trinajstić information content (AvgIpc) is 3.13. The first-order valence-corrected chi connectivity index (χ1v) is 9.04. The lowest BCUT2D eigenvalue weighted by Crippen LogP contribution is -2.36. The maximum atomic E-state index is 12.2. The lowest BCUT2D eigenvalue weighted by molar-refractivity contribution is 0.122. The van der Waals surface area contributed by atoms with Crippen LogP contribution in [0.1, 0.15) is 0 Å². The summed E-state index contributed by atoms with van der Waals surface area (Å²) in [6.07, 6.45) is 0. The molecule has 1 aromatic heterocycles. The van der Waals surface area contributed by atoms with Crippen LogP contribution in [0.15, 0.2) is 63.6 Å². The Balaban J connectivity index is 1.56. The van der Waals surface area contributed by atoms with Gasteiger partial charge in [0.2, 0.25) is 0 Å². The van der Waals surface area contributed by atoms with Crippen LogP contribution in [-0.2, 0) is 4.74 Å². The van der Waals surface area contributed by atoms with Crippen molar-refractivity contribution in [1.29, 1.82) is 0 Å². The maximum Gasteiger partial charge on any atom is 0.292 e. The van der Waals surface area contributed by atoms with E-state index in [1.54, 1.807) is 7.11 Å². The molecule has 3 aromatic rings. The molecule has 0 atom stereocenters. The molecule has 144 valence electrons. The Hall–Kier alpha value is -3.39. The minimum absolute atomic E-state index is 0.227. The minimum Gasteiger partial charge on any atom is -0.497 e. The molecule has 2 heterocycles. The molecule has 0 radical (unpaired) electrons. The summed E-state index contributed by atoms with van der Waals surface area (Å²) in [5.41, 5.74) is 3.05. The molecular formula is C20H21N5O3. The van der Waals surface area contributed by atoms with Crippen LogP contribution in [0.25, 0.3) is 11.3 Å². The van der Waals surface area contributed by atoms with Crippen molar-refractivity contribution in [3.63, 3.8) is 0 Å². The van der Waals surface area contributed by atoms with Gasteiger partial charge in [-0.05, 0) is 36.4 Å². The molecule has 8 nitrogen and oxygen atoms in total. The van der Waals surface area contributed by atoms with Crippen LogP contribution in [0.2, 0.25) is 0 Å². The van der Waals surface area contributed by atoms with E-state index in [1.165, 1.54) is 0 Å². The second kappa shape index (κ2) is 8.10. The summed E-state index contributed by atoms with van der Waals surface area (Å²) in [4.78, 5) is 14.4. The first-order chi connectivity index (χ1) is 13.7. The Labute approximate surface area is 161 Å². The second-order valence-corrected chi connectivity index (χ2v) is 6.35. The maximum absolute atomic E-state index is 12.2. The van der Waals surface area contributed by atoms with E-state index in [1.807, 2.05) is 48.5 Å². The predicted molar refractivity (Wildman–Crippen MR) is 107 cm³/mol. The molecule has 2 N–H and O–H groups in total. The second-order valence-electron chi connectivity index (χ2n) is 6.35. The summed E-state index contributed by atoms with van der Waals surface area (Å²) in [6, 6.07) is 15.2. The van der Waals surface area contributed by atoms with Gasteiger partial charge in [-0.3, -0.25) is 15.0 Å². The summed E-state index contributed by atoms with van der Waals surface area (Å²) >= 11 is 0. The quantitative estimate of drug-likeness (QED) is 0.662. The molecule has 2 aromatic carbocycles. The van der Waals surface area contributed by atoms with E-state index in [2.05, 4.69) is 25.3 Å². The van der Waals surface area contributed by atoms with Crippen LogP contribution in [0, 0.1) is 0 Å². The number of hydrogen-bond donors (Lipinski definition) is 2. The number of methoxy groups -OCH3 is 1. The van der Waals surface area contributed by atoms with E-state index in [4.69, 9.17) is 9.47 Å². The monoisotopic (exact) mass is 379 g/mol. The molecule has 4 rings (SSSR count). The van der Waals surface area contributed by atoms with Crippen molar-refractivity contribution in [1.82, 2.24) is 10.2 Å². The van der Waals surface area contributed by atoms with E-state index >= 15 is 0 Å². The van der Waals surface area contributed by atoms with Gasteiger partial charge in [0, 0.05) is 24.3 Å². The van der Waals surface area contributed by atoms with Gasteiger partial charge in [-0.25, -0.2) is 0 Å². The van der Waals surface area contributed by atoms with E-state index < -0.39 is 0 Å². The number of H-pyrrole nitrogens is 2. The summed E-state index contributed by atoms with van der Waals surface area (Å²) < 4.78 is 10.6. The largest absolute Gasteiger partial charge is 0.497 e. The van der Waals surface area contributed by atoms with Crippen molar-refractivity contribution in [2.75, 3.05) is 38.3 Å². The van der Waals surface area contributed by atoms with Crippen molar-refractivity contribution in [3.8, 4) is 17.0 Å². The van der Waals surface area contributed by atoms with Gasteiger partial charge in [0.1, 0.15) is 5.75 Å². The number of morpholine rings is 1. The molecule has 0 saturated carbocycles. The van der Waals surface area contributed by atoms with E-state index in [0.717, 1.165) is 37.6 Å². The predicted octanol–water partition coefficient (Wildman–Crippen LogP) is 3.63. The van der Waals surface area contributed by atoms with Crippen molar-refractivity contribution < 1.29 is 9.47 Å².